The molecule has 0 aliphatic rings. The fourth-order valence-corrected chi connectivity index (χ4v) is 3.11. The molecule has 1 N–H and O–H groups in total. The molecule has 25 heavy (non-hydrogen) atoms. The van der Waals surface area contributed by atoms with Gasteiger partial charge < -0.3 is 9.73 Å². The van der Waals surface area contributed by atoms with Crippen LogP contribution in [0.4, 0.5) is 5.13 Å². The number of amides is 1. The molecular weight excluding hydrogens is 336 g/mol. The van der Waals surface area contributed by atoms with Crippen LogP contribution in [0.5, 0.6) is 0 Å². The lowest BCUT2D eigenvalue weighted by Gasteiger charge is -1.99. The zero-order valence-corrected chi connectivity index (χ0v) is 14.0. The first-order chi connectivity index (χ1) is 12.3. The van der Waals surface area contributed by atoms with Gasteiger partial charge in [0.05, 0.1) is 5.69 Å². The molecular formula is C18H14N4O2S. The number of nitrogens with zero attached hydrogens (tertiary/aromatic N) is 3. The summed E-state index contributed by atoms with van der Waals surface area (Å²) in [5.74, 6) is 0.439. The molecule has 0 unspecified atom stereocenters. The molecule has 0 radical (unpaired) electrons. The number of hydrogen-bond donors (Lipinski definition) is 1. The molecule has 0 spiro atoms. The average molecular weight is 350 g/mol. The Labute approximate surface area is 147 Å². The SMILES string of the molecule is O=C(CCc1nc2ccccc2o1)Nc1nc(-c2ccccn2)cs1. The molecule has 4 rings (SSSR count). The number of aryl methyl sites for hydroxylation is 1. The first kappa shape index (κ1) is 15.5. The monoisotopic (exact) mass is 350 g/mol. The highest BCUT2D eigenvalue weighted by molar-refractivity contribution is 7.14. The minimum atomic E-state index is -0.121. The minimum absolute atomic E-state index is 0.121. The molecule has 3 aromatic heterocycles. The van der Waals surface area contributed by atoms with Gasteiger partial charge in [0.15, 0.2) is 16.6 Å². The molecule has 0 saturated carbocycles. The molecule has 4 aromatic rings. The van der Waals surface area contributed by atoms with Crippen LogP contribution in [0.2, 0.25) is 0 Å². The van der Waals surface area contributed by atoms with Crippen molar-refractivity contribution in [1.82, 2.24) is 15.0 Å². The molecule has 7 heteroatoms. The number of benzene rings is 1. The second-order valence-corrected chi connectivity index (χ2v) is 6.23. The normalized spacial score (nSPS) is 10.9. The van der Waals surface area contributed by atoms with Gasteiger partial charge in [-0.05, 0) is 24.3 Å². The van der Waals surface area contributed by atoms with E-state index in [9.17, 15) is 4.79 Å². The predicted octanol–water partition coefficient (Wildman–Crippen LogP) is 3.92. The molecule has 3 heterocycles. The Hall–Kier alpha value is -3.06. The van der Waals surface area contributed by atoms with Crippen molar-refractivity contribution in [2.75, 3.05) is 5.32 Å². The van der Waals surface area contributed by atoms with E-state index in [1.165, 1.54) is 11.3 Å². The fraction of sp³-hybridized carbons (Fsp3) is 0.111. The number of fused-ring (bicyclic) bond motifs is 1. The molecule has 1 amide bonds. The third-order valence-corrected chi connectivity index (χ3v) is 4.34. The van der Waals surface area contributed by atoms with E-state index in [0.29, 0.717) is 17.4 Å². The van der Waals surface area contributed by atoms with Crippen LogP contribution in [0.3, 0.4) is 0 Å². The molecule has 0 saturated heterocycles. The average Bonchev–Trinajstić information content (AvgIpc) is 3.27. The van der Waals surface area contributed by atoms with E-state index in [2.05, 4.69) is 20.3 Å². The summed E-state index contributed by atoms with van der Waals surface area (Å²) in [5, 5.41) is 5.24. The number of rotatable bonds is 5. The Morgan fingerprint density at radius 1 is 1.08 bits per heavy atom. The fourth-order valence-electron chi connectivity index (χ4n) is 2.39. The largest absolute Gasteiger partial charge is 0.441 e. The zero-order chi connectivity index (χ0) is 17.1. The number of para-hydroxylation sites is 2. The second kappa shape index (κ2) is 6.82. The van der Waals surface area contributed by atoms with Gasteiger partial charge >= 0.3 is 0 Å². The van der Waals surface area contributed by atoms with Crippen molar-refractivity contribution in [2.24, 2.45) is 0 Å². The lowest BCUT2D eigenvalue weighted by Crippen LogP contribution is -2.12. The van der Waals surface area contributed by atoms with E-state index in [4.69, 9.17) is 4.42 Å². The summed E-state index contributed by atoms with van der Waals surface area (Å²) in [6.45, 7) is 0. The zero-order valence-electron chi connectivity index (χ0n) is 13.2. The van der Waals surface area contributed by atoms with Crippen molar-refractivity contribution in [3.8, 4) is 11.4 Å². The quantitative estimate of drug-likeness (QED) is 0.590. The Morgan fingerprint density at radius 3 is 2.80 bits per heavy atom. The van der Waals surface area contributed by atoms with E-state index >= 15 is 0 Å². The van der Waals surface area contributed by atoms with Gasteiger partial charge in [-0.15, -0.1) is 11.3 Å². The first-order valence-electron chi connectivity index (χ1n) is 7.79. The van der Waals surface area contributed by atoms with Gasteiger partial charge in [0.2, 0.25) is 5.91 Å². The lowest BCUT2D eigenvalue weighted by atomic mass is 10.3. The second-order valence-electron chi connectivity index (χ2n) is 5.38. The number of carbonyl (C=O) groups excluding carboxylic acids is 1. The number of pyridine rings is 1. The maximum Gasteiger partial charge on any atom is 0.226 e. The maximum absolute atomic E-state index is 12.1. The van der Waals surface area contributed by atoms with Crippen molar-refractivity contribution < 1.29 is 9.21 Å². The smallest absolute Gasteiger partial charge is 0.226 e. The number of oxazole rings is 1. The Bertz CT molecular complexity index is 977. The van der Waals surface area contributed by atoms with Crippen LogP contribution in [-0.2, 0) is 11.2 Å². The third-order valence-electron chi connectivity index (χ3n) is 3.58. The van der Waals surface area contributed by atoms with Crippen LogP contribution >= 0.6 is 11.3 Å². The van der Waals surface area contributed by atoms with Crippen LogP contribution in [0.15, 0.2) is 58.5 Å². The van der Waals surface area contributed by atoms with Gasteiger partial charge in [0, 0.05) is 24.4 Å². The Morgan fingerprint density at radius 2 is 1.96 bits per heavy atom. The molecule has 0 fully saturated rings. The highest BCUT2D eigenvalue weighted by Crippen LogP contribution is 2.23. The highest BCUT2D eigenvalue weighted by atomic mass is 32.1. The number of nitrogens with one attached hydrogen (secondary N) is 1. The van der Waals surface area contributed by atoms with E-state index < -0.39 is 0 Å². The van der Waals surface area contributed by atoms with Crippen molar-refractivity contribution in [1.29, 1.82) is 0 Å². The molecule has 0 bridgehead atoms. The summed E-state index contributed by atoms with van der Waals surface area (Å²) in [5.41, 5.74) is 3.07. The van der Waals surface area contributed by atoms with Gasteiger partial charge in [-0.2, -0.15) is 0 Å². The van der Waals surface area contributed by atoms with Crippen LogP contribution in [0.25, 0.3) is 22.5 Å². The van der Waals surface area contributed by atoms with Crippen molar-refractivity contribution >= 4 is 33.5 Å². The molecule has 0 aliphatic heterocycles. The summed E-state index contributed by atoms with van der Waals surface area (Å²) in [6, 6.07) is 13.2. The van der Waals surface area contributed by atoms with E-state index in [1.54, 1.807) is 6.20 Å². The van der Waals surface area contributed by atoms with E-state index in [1.807, 2.05) is 47.8 Å². The standard InChI is InChI=1S/C18H14N4O2S/c23-16(8-9-17-20-13-6-1-2-7-15(13)24-17)22-18-21-14(11-25-18)12-5-3-4-10-19-12/h1-7,10-11H,8-9H2,(H,21,22,23). The third kappa shape index (κ3) is 3.56. The summed E-state index contributed by atoms with van der Waals surface area (Å²) in [4.78, 5) is 25.1. The summed E-state index contributed by atoms with van der Waals surface area (Å²) < 4.78 is 5.62. The predicted molar refractivity (Wildman–Crippen MR) is 96.3 cm³/mol. The molecule has 0 aliphatic carbocycles. The van der Waals surface area contributed by atoms with Crippen molar-refractivity contribution in [2.45, 2.75) is 12.8 Å². The lowest BCUT2D eigenvalue weighted by molar-refractivity contribution is -0.116. The van der Waals surface area contributed by atoms with Crippen molar-refractivity contribution in [3.05, 3.63) is 59.9 Å². The number of anilines is 1. The number of carbonyl (C=O) groups is 1. The van der Waals surface area contributed by atoms with Gasteiger partial charge in [0.1, 0.15) is 11.2 Å². The van der Waals surface area contributed by atoms with Crippen LogP contribution in [0, 0.1) is 0 Å². The van der Waals surface area contributed by atoms with Crippen molar-refractivity contribution in [3.63, 3.8) is 0 Å². The Balaban J connectivity index is 1.37. The van der Waals surface area contributed by atoms with Crippen LogP contribution in [-0.4, -0.2) is 20.9 Å². The van der Waals surface area contributed by atoms with Gasteiger partial charge in [-0.1, -0.05) is 18.2 Å². The number of aromatic nitrogens is 3. The maximum atomic E-state index is 12.1. The van der Waals surface area contributed by atoms with Crippen LogP contribution in [0.1, 0.15) is 12.3 Å². The minimum Gasteiger partial charge on any atom is -0.441 e. The summed E-state index contributed by atoms with van der Waals surface area (Å²) >= 11 is 1.38. The summed E-state index contributed by atoms with van der Waals surface area (Å²) in [6.07, 6.45) is 2.44. The van der Waals surface area contributed by atoms with Gasteiger partial charge in [-0.25, -0.2) is 9.97 Å². The summed E-state index contributed by atoms with van der Waals surface area (Å²) in [7, 11) is 0. The van der Waals surface area contributed by atoms with Crippen LogP contribution < -0.4 is 5.32 Å². The topological polar surface area (TPSA) is 80.9 Å². The first-order valence-corrected chi connectivity index (χ1v) is 8.67. The van der Waals surface area contributed by atoms with Gasteiger partial charge in [-0.3, -0.25) is 9.78 Å². The van der Waals surface area contributed by atoms with E-state index in [-0.39, 0.29) is 12.3 Å². The Kier molecular flexibility index (Phi) is 4.22. The molecule has 6 nitrogen and oxygen atoms in total. The number of thiazole rings is 1. The van der Waals surface area contributed by atoms with E-state index in [0.717, 1.165) is 22.5 Å². The molecule has 1 aromatic carbocycles. The molecule has 0 atom stereocenters. The van der Waals surface area contributed by atoms with Gasteiger partial charge in [0.25, 0.3) is 0 Å². The molecule has 124 valence electrons. The highest BCUT2D eigenvalue weighted by Gasteiger charge is 2.11. The number of hydrogen-bond acceptors (Lipinski definition) is 6.